The molecular weight excluding hydrogens is 260 g/mol. The minimum Gasteiger partial charge on any atom is -0.457 e. The zero-order chi connectivity index (χ0) is 13.7. The van der Waals surface area contributed by atoms with E-state index in [9.17, 15) is 4.79 Å². The van der Waals surface area contributed by atoms with Crippen LogP contribution in [-0.2, 0) is 6.42 Å². The Morgan fingerprint density at radius 3 is 2.53 bits per heavy atom. The van der Waals surface area contributed by atoms with Crippen molar-refractivity contribution in [2.24, 2.45) is 0 Å². The van der Waals surface area contributed by atoms with Gasteiger partial charge in [-0.05, 0) is 42.3 Å². The van der Waals surface area contributed by atoms with Crippen LogP contribution in [0.2, 0.25) is 5.02 Å². The van der Waals surface area contributed by atoms with Crippen molar-refractivity contribution in [1.82, 2.24) is 0 Å². The Morgan fingerprint density at radius 2 is 1.89 bits per heavy atom. The Bertz CT molecular complexity index is 561. The third-order valence-corrected chi connectivity index (χ3v) is 3.02. The normalized spacial score (nSPS) is 10.2. The van der Waals surface area contributed by atoms with E-state index in [2.05, 4.69) is 6.92 Å². The highest BCUT2D eigenvalue weighted by atomic mass is 35.5. The van der Waals surface area contributed by atoms with Gasteiger partial charge in [0.2, 0.25) is 0 Å². The van der Waals surface area contributed by atoms with E-state index < -0.39 is 0 Å². The third kappa shape index (κ3) is 3.58. The van der Waals surface area contributed by atoms with Gasteiger partial charge in [-0.1, -0.05) is 37.1 Å². The summed E-state index contributed by atoms with van der Waals surface area (Å²) in [4.78, 5) is 11.0. The van der Waals surface area contributed by atoms with E-state index in [0.717, 1.165) is 19.1 Å². The molecule has 3 heteroatoms. The molecular formula is C16H15ClO2. The lowest BCUT2D eigenvalue weighted by Crippen LogP contribution is -1.91. The van der Waals surface area contributed by atoms with E-state index in [1.807, 2.05) is 24.3 Å². The maximum absolute atomic E-state index is 11.0. The average molecular weight is 275 g/mol. The van der Waals surface area contributed by atoms with Crippen LogP contribution in [-0.4, -0.2) is 6.29 Å². The number of halogens is 1. The number of carbonyl (C=O) groups is 1. The molecule has 2 rings (SSSR count). The van der Waals surface area contributed by atoms with Gasteiger partial charge in [-0.25, -0.2) is 0 Å². The fourth-order valence-electron chi connectivity index (χ4n) is 1.84. The average Bonchev–Trinajstić information content (AvgIpc) is 2.43. The van der Waals surface area contributed by atoms with Gasteiger partial charge in [0, 0.05) is 5.02 Å². The number of benzene rings is 2. The molecule has 0 unspecified atom stereocenters. The smallest absolute Gasteiger partial charge is 0.153 e. The molecule has 0 saturated carbocycles. The number of rotatable bonds is 5. The Labute approximate surface area is 118 Å². The highest BCUT2D eigenvalue weighted by Crippen LogP contribution is 2.27. The van der Waals surface area contributed by atoms with Gasteiger partial charge in [0.05, 0.1) is 5.56 Å². The Balaban J connectivity index is 2.18. The first-order chi connectivity index (χ1) is 9.22. The summed E-state index contributed by atoms with van der Waals surface area (Å²) in [6.45, 7) is 2.15. The minimum atomic E-state index is 0.449. The summed E-state index contributed by atoms with van der Waals surface area (Å²) in [7, 11) is 0. The Hall–Kier alpha value is -1.80. The van der Waals surface area contributed by atoms with Gasteiger partial charge < -0.3 is 4.74 Å². The Kier molecular flexibility index (Phi) is 4.58. The summed E-state index contributed by atoms with van der Waals surface area (Å²) in [6, 6.07) is 12.9. The molecule has 0 aliphatic carbocycles. The number of aryl methyl sites for hydroxylation is 1. The summed E-state index contributed by atoms with van der Waals surface area (Å²) >= 11 is 5.84. The molecule has 0 aliphatic rings. The first-order valence-corrected chi connectivity index (χ1v) is 6.62. The van der Waals surface area contributed by atoms with Gasteiger partial charge in [-0.2, -0.15) is 0 Å². The molecule has 0 aromatic heterocycles. The monoisotopic (exact) mass is 274 g/mol. The zero-order valence-electron chi connectivity index (χ0n) is 10.7. The topological polar surface area (TPSA) is 26.3 Å². The second-order valence-corrected chi connectivity index (χ2v) is 4.73. The molecule has 0 fully saturated rings. The van der Waals surface area contributed by atoms with E-state index in [4.69, 9.17) is 16.3 Å². The molecule has 0 amide bonds. The van der Waals surface area contributed by atoms with Crippen molar-refractivity contribution in [3.63, 3.8) is 0 Å². The molecule has 0 radical (unpaired) electrons. The van der Waals surface area contributed by atoms with Crippen molar-refractivity contribution < 1.29 is 9.53 Å². The van der Waals surface area contributed by atoms with E-state index in [1.165, 1.54) is 5.56 Å². The van der Waals surface area contributed by atoms with Crippen LogP contribution in [0.1, 0.15) is 29.3 Å². The maximum Gasteiger partial charge on any atom is 0.153 e. The number of carbonyl (C=O) groups excluding carboxylic acids is 1. The fraction of sp³-hybridized carbons (Fsp3) is 0.188. The molecule has 0 aliphatic heterocycles. The first kappa shape index (κ1) is 13.6. The van der Waals surface area contributed by atoms with Gasteiger partial charge in [0.1, 0.15) is 11.5 Å². The van der Waals surface area contributed by atoms with Crippen molar-refractivity contribution in [1.29, 1.82) is 0 Å². The first-order valence-electron chi connectivity index (χ1n) is 6.24. The summed E-state index contributed by atoms with van der Waals surface area (Å²) in [6.07, 6.45) is 2.92. The maximum atomic E-state index is 11.0. The second-order valence-electron chi connectivity index (χ2n) is 4.30. The highest BCUT2D eigenvalue weighted by molar-refractivity contribution is 6.30. The molecule has 2 aromatic rings. The van der Waals surface area contributed by atoms with Gasteiger partial charge >= 0.3 is 0 Å². The van der Waals surface area contributed by atoms with E-state index in [-0.39, 0.29) is 0 Å². The summed E-state index contributed by atoms with van der Waals surface area (Å²) < 4.78 is 5.70. The molecule has 0 heterocycles. The van der Waals surface area contributed by atoms with Crippen LogP contribution < -0.4 is 4.74 Å². The molecule has 2 aromatic carbocycles. The van der Waals surface area contributed by atoms with Crippen LogP contribution in [0.5, 0.6) is 11.5 Å². The molecule has 19 heavy (non-hydrogen) atoms. The zero-order valence-corrected chi connectivity index (χ0v) is 11.5. The van der Waals surface area contributed by atoms with Crippen LogP contribution in [0.4, 0.5) is 0 Å². The van der Waals surface area contributed by atoms with E-state index in [1.54, 1.807) is 18.2 Å². The van der Waals surface area contributed by atoms with Gasteiger partial charge in [0.25, 0.3) is 0 Å². The minimum absolute atomic E-state index is 0.449. The van der Waals surface area contributed by atoms with Crippen LogP contribution in [0.25, 0.3) is 0 Å². The Morgan fingerprint density at radius 1 is 1.16 bits per heavy atom. The number of aldehydes is 1. The van der Waals surface area contributed by atoms with E-state index >= 15 is 0 Å². The SMILES string of the molecule is CCCc1ccc(Oc2ccc(Cl)cc2C=O)cc1. The number of hydrogen-bond donors (Lipinski definition) is 0. The molecule has 0 N–H and O–H groups in total. The fourth-order valence-corrected chi connectivity index (χ4v) is 2.02. The van der Waals surface area contributed by atoms with Crippen molar-refractivity contribution in [2.45, 2.75) is 19.8 Å². The standard InChI is InChI=1S/C16H15ClO2/c1-2-3-12-4-7-15(8-5-12)19-16-9-6-14(17)10-13(16)11-18/h4-11H,2-3H2,1H3. The van der Waals surface area contributed by atoms with Crippen molar-refractivity contribution >= 4 is 17.9 Å². The molecule has 0 saturated heterocycles. The largest absolute Gasteiger partial charge is 0.457 e. The van der Waals surface area contributed by atoms with Crippen LogP contribution >= 0.6 is 11.6 Å². The van der Waals surface area contributed by atoms with Crippen LogP contribution in [0.15, 0.2) is 42.5 Å². The summed E-state index contributed by atoms with van der Waals surface area (Å²) in [5.41, 5.74) is 1.73. The molecule has 98 valence electrons. The number of hydrogen-bond acceptors (Lipinski definition) is 2. The van der Waals surface area contributed by atoms with Crippen molar-refractivity contribution in [3.05, 3.63) is 58.6 Å². The van der Waals surface area contributed by atoms with Gasteiger partial charge in [-0.15, -0.1) is 0 Å². The molecule has 0 atom stereocenters. The third-order valence-electron chi connectivity index (χ3n) is 2.79. The lowest BCUT2D eigenvalue weighted by molar-refractivity contribution is 0.112. The second kappa shape index (κ2) is 6.39. The molecule has 0 spiro atoms. The quantitative estimate of drug-likeness (QED) is 0.725. The van der Waals surface area contributed by atoms with Gasteiger partial charge in [0.15, 0.2) is 6.29 Å². The predicted molar refractivity (Wildman–Crippen MR) is 77.4 cm³/mol. The summed E-state index contributed by atoms with van der Waals surface area (Å²) in [5.74, 6) is 1.23. The summed E-state index contributed by atoms with van der Waals surface area (Å²) in [5, 5.41) is 0.521. The number of ether oxygens (including phenoxy) is 1. The lowest BCUT2D eigenvalue weighted by Gasteiger charge is -2.09. The molecule has 0 bridgehead atoms. The highest BCUT2D eigenvalue weighted by Gasteiger charge is 2.05. The van der Waals surface area contributed by atoms with E-state index in [0.29, 0.717) is 22.1 Å². The predicted octanol–water partition coefficient (Wildman–Crippen LogP) is 4.90. The van der Waals surface area contributed by atoms with Crippen molar-refractivity contribution in [2.75, 3.05) is 0 Å². The van der Waals surface area contributed by atoms with Crippen LogP contribution in [0.3, 0.4) is 0 Å². The van der Waals surface area contributed by atoms with Crippen molar-refractivity contribution in [3.8, 4) is 11.5 Å². The lowest BCUT2D eigenvalue weighted by atomic mass is 10.1. The molecule has 2 nitrogen and oxygen atoms in total. The van der Waals surface area contributed by atoms with Gasteiger partial charge in [-0.3, -0.25) is 4.79 Å². The van der Waals surface area contributed by atoms with Crippen LogP contribution in [0, 0.1) is 0 Å².